The summed E-state index contributed by atoms with van der Waals surface area (Å²) in [6.45, 7) is 5.31. The lowest BCUT2D eigenvalue weighted by molar-refractivity contribution is -0.120. The van der Waals surface area contributed by atoms with E-state index in [1.807, 2.05) is 19.9 Å². The molecule has 1 amide bonds. The zero-order valence-electron chi connectivity index (χ0n) is 14.7. The third kappa shape index (κ3) is 4.04. The largest absolute Gasteiger partial charge is 0.464 e. The minimum atomic E-state index is -3.26. The summed E-state index contributed by atoms with van der Waals surface area (Å²) < 4.78 is 31.3. The molecule has 1 aromatic heterocycles. The van der Waals surface area contributed by atoms with E-state index in [4.69, 9.17) is 4.42 Å². The van der Waals surface area contributed by atoms with Crippen LogP contribution in [-0.4, -0.2) is 44.0 Å². The lowest BCUT2D eigenvalue weighted by Gasteiger charge is -2.15. The second kappa shape index (κ2) is 7.17. The monoisotopic (exact) mass is 364 g/mol. The van der Waals surface area contributed by atoms with Crippen LogP contribution >= 0.6 is 0 Å². The van der Waals surface area contributed by atoms with Crippen LogP contribution in [0.15, 0.2) is 22.8 Å². The van der Waals surface area contributed by atoms with Crippen molar-refractivity contribution in [2.45, 2.75) is 33.1 Å². The van der Waals surface area contributed by atoms with Gasteiger partial charge in [-0.1, -0.05) is 6.07 Å². The van der Waals surface area contributed by atoms with Crippen molar-refractivity contribution in [2.24, 2.45) is 0 Å². The highest BCUT2D eigenvalue weighted by molar-refractivity contribution is 7.89. The second-order valence-corrected chi connectivity index (χ2v) is 8.75. The quantitative estimate of drug-likeness (QED) is 0.852. The number of carbonyl (C=O) groups is 1. The molecule has 3 rings (SSSR count). The van der Waals surface area contributed by atoms with Gasteiger partial charge in [-0.2, -0.15) is 0 Å². The predicted molar refractivity (Wildman–Crippen MR) is 97.0 cm³/mol. The van der Waals surface area contributed by atoms with Crippen LogP contribution in [0.3, 0.4) is 0 Å². The van der Waals surface area contributed by atoms with Crippen molar-refractivity contribution in [3.05, 3.63) is 35.1 Å². The van der Waals surface area contributed by atoms with E-state index in [0.29, 0.717) is 13.1 Å². The van der Waals surface area contributed by atoms with E-state index in [-0.39, 0.29) is 24.6 Å². The number of carbonyl (C=O) groups excluding carboxylic acids is 1. The maximum absolute atomic E-state index is 12.2. The number of hydrogen-bond donors (Lipinski definition) is 1. The van der Waals surface area contributed by atoms with E-state index in [0.717, 1.165) is 40.5 Å². The van der Waals surface area contributed by atoms with Crippen LogP contribution < -0.4 is 5.32 Å². The number of fused-ring (bicyclic) bond motifs is 1. The number of aryl methyl sites for hydroxylation is 2. The van der Waals surface area contributed by atoms with Gasteiger partial charge in [0.25, 0.3) is 0 Å². The van der Waals surface area contributed by atoms with Gasteiger partial charge in [0.2, 0.25) is 15.9 Å². The average Bonchev–Trinajstić information content (AvgIpc) is 3.17. The van der Waals surface area contributed by atoms with Crippen molar-refractivity contribution in [1.29, 1.82) is 0 Å². The smallest absolute Gasteiger partial charge is 0.224 e. The fourth-order valence-electron chi connectivity index (χ4n) is 3.41. The van der Waals surface area contributed by atoms with E-state index in [1.165, 1.54) is 4.31 Å². The van der Waals surface area contributed by atoms with Crippen LogP contribution in [0.25, 0.3) is 11.0 Å². The molecule has 0 spiro atoms. The fraction of sp³-hybridized carbons (Fsp3) is 0.500. The molecular weight excluding hydrogens is 340 g/mol. The number of benzene rings is 1. The molecule has 0 atom stereocenters. The Bertz CT molecular complexity index is 880. The first-order chi connectivity index (χ1) is 11.9. The van der Waals surface area contributed by atoms with E-state index in [1.54, 1.807) is 6.26 Å². The Hall–Kier alpha value is -1.86. The molecule has 7 heteroatoms. The highest BCUT2D eigenvalue weighted by Crippen LogP contribution is 2.26. The van der Waals surface area contributed by atoms with E-state index in [9.17, 15) is 13.2 Å². The third-order valence-corrected chi connectivity index (χ3v) is 6.46. The van der Waals surface area contributed by atoms with Gasteiger partial charge in [-0.25, -0.2) is 12.7 Å². The number of nitrogens with one attached hydrogen (secondary N) is 1. The minimum absolute atomic E-state index is 0.0525. The van der Waals surface area contributed by atoms with Gasteiger partial charge in [-0.15, -0.1) is 0 Å². The summed E-state index contributed by atoms with van der Waals surface area (Å²) in [5, 5.41) is 3.67. The lowest BCUT2D eigenvalue weighted by Crippen LogP contribution is -2.36. The molecule has 2 heterocycles. The molecule has 1 aromatic carbocycles. The lowest BCUT2D eigenvalue weighted by atomic mass is 10.0. The van der Waals surface area contributed by atoms with Crippen LogP contribution in [0.2, 0.25) is 0 Å². The SMILES string of the molecule is Cc1cc(C)c2c(CC(=O)NCCS(=O)(=O)N3CCCC3)coc2c1. The van der Waals surface area contributed by atoms with Crippen molar-refractivity contribution >= 4 is 26.9 Å². The van der Waals surface area contributed by atoms with Crippen molar-refractivity contribution in [3.8, 4) is 0 Å². The summed E-state index contributed by atoms with van der Waals surface area (Å²) in [6.07, 6.45) is 3.62. The zero-order chi connectivity index (χ0) is 18.0. The summed E-state index contributed by atoms with van der Waals surface area (Å²) in [5.41, 5.74) is 3.79. The summed E-state index contributed by atoms with van der Waals surface area (Å²) in [4.78, 5) is 12.2. The van der Waals surface area contributed by atoms with Crippen molar-refractivity contribution < 1.29 is 17.6 Å². The highest BCUT2D eigenvalue weighted by Gasteiger charge is 2.24. The van der Waals surface area contributed by atoms with E-state index >= 15 is 0 Å². The first-order valence-electron chi connectivity index (χ1n) is 8.59. The summed E-state index contributed by atoms with van der Waals surface area (Å²) in [5.74, 6) is -0.248. The van der Waals surface area contributed by atoms with Gasteiger partial charge in [0.15, 0.2) is 0 Å². The highest BCUT2D eigenvalue weighted by atomic mass is 32.2. The van der Waals surface area contributed by atoms with E-state index < -0.39 is 10.0 Å². The Morgan fingerprint density at radius 1 is 1.24 bits per heavy atom. The topological polar surface area (TPSA) is 79.6 Å². The second-order valence-electron chi connectivity index (χ2n) is 6.66. The molecule has 1 aliphatic heterocycles. The molecule has 136 valence electrons. The van der Waals surface area contributed by atoms with Crippen LogP contribution in [0.5, 0.6) is 0 Å². The van der Waals surface area contributed by atoms with Crippen LogP contribution in [0.4, 0.5) is 0 Å². The van der Waals surface area contributed by atoms with Gasteiger partial charge in [0.05, 0.1) is 18.4 Å². The van der Waals surface area contributed by atoms with Gasteiger partial charge in [-0.05, 0) is 43.9 Å². The summed E-state index contributed by atoms with van der Waals surface area (Å²) in [6, 6.07) is 4.01. The molecule has 1 aliphatic rings. The predicted octanol–water partition coefficient (Wildman–Crippen LogP) is 2.13. The first-order valence-corrected chi connectivity index (χ1v) is 10.2. The molecule has 2 aromatic rings. The number of furan rings is 1. The fourth-order valence-corrected chi connectivity index (χ4v) is 4.84. The Kier molecular flexibility index (Phi) is 5.15. The normalized spacial score (nSPS) is 15.8. The van der Waals surface area contributed by atoms with Gasteiger partial charge < -0.3 is 9.73 Å². The van der Waals surface area contributed by atoms with Crippen molar-refractivity contribution in [3.63, 3.8) is 0 Å². The van der Waals surface area contributed by atoms with Crippen LogP contribution in [0.1, 0.15) is 29.5 Å². The molecule has 0 bridgehead atoms. The number of sulfonamides is 1. The standard InChI is InChI=1S/C18H24N2O4S/c1-13-9-14(2)18-15(12-24-16(18)10-13)11-17(21)19-5-8-25(22,23)20-6-3-4-7-20/h9-10,12H,3-8,11H2,1-2H3,(H,19,21). The molecular formula is C18H24N2O4S. The summed E-state index contributed by atoms with van der Waals surface area (Å²) in [7, 11) is -3.26. The maximum atomic E-state index is 12.2. The summed E-state index contributed by atoms with van der Waals surface area (Å²) >= 11 is 0. The number of rotatable bonds is 6. The third-order valence-electron chi connectivity index (χ3n) is 4.58. The molecule has 1 fully saturated rings. The zero-order valence-corrected chi connectivity index (χ0v) is 15.5. The Morgan fingerprint density at radius 2 is 1.96 bits per heavy atom. The average molecular weight is 364 g/mol. The molecule has 1 N–H and O–H groups in total. The van der Waals surface area contributed by atoms with Gasteiger partial charge in [0.1, 0.15) is 5.58 Å². The molecule has 0 saturated carbocycles. The molecule has 0 unspecified atom stereocenters. The number of nitrogens with zero attached hydrogens (tertiary/aromatic N) is 1. The Balaban J connectivity index is 1.58. The molecule has 6 nitrogen and oxygen atoms in total. The van der Waals surface area contributed by atoms with E-state index in [2.05, 4.69) is 11.4 Å². The van der Waals surface area contributed by atoms with Crippen molar-refractivity contribution in [2.75, 3.05) is 25.4 Å². The van der Waals surface area contributed by atoms with Crippen LogP contribution in [-0.2, 0) is 21.2 Å². The Labute approximate surface area is 148 Å². The molecule has 25 heavy (non-hydrogen) atoms. The van der Waals surface area contributed by atoms with Gasteiger partial charge in [0, 0.05) is 30.6 Å². The maximum Gasteiger partial charge on any atom is 0.224 e. The molecule has 0 aliphatic carbocycles. The molecule has 1 saturated heterocycles. The number of hydrogen-bond acceptors (Lipinski definition) is 4. The number of amides is 1. The van der Waals surface area contributed by atoms with Crippen LogP contribution in [0, 0.1) is 13.8 Å². The van der Waals surface area contributed by atoms with Crippen molar-refractivity contribution in [1.82, 2.24) is 9.62 Å². The van der Waals surface area contributed by atoms with Gasteiger partial charge in [-0.3, -0.25) is 4.79 Å². The first kappa shape index (κ1) is 17.9. The minimum Gasteiger partial charge on any atom is -0.464 e. The van der Waals surface area contributed by atoms with Gasteiger partial charge >= 0.3 is 0 Å². The molecule has 0 radical (unpaired) electrons. The Morgan fingerprint density at radius 3 is 2.68 bits per heavy atom.